The quantitative estimate of drug-likeness (QED) is 0.764. The molecule has 0 radical (unpaired) electrons. The maximum absolute atomic E-state index is 12.4. The highest BCUT2D eigenvalue weighted by Gasteiger charge is 2.19. The Kier molecular flexibility index (Phi) is 6.27. The lowest BCUT2D eigenvalue weighted by atomic mass is 9.98. The van der Waals surface area contributed by atoms with Crippen LogP contribution in [0.25, 0.3) is 0 Å². The average molecular weight is 375 g/mol. The minimum absolute atomic E-state index is 0.215. The van der Waals surface area contributed by atoms with E-state index in [4.69, 9.17) is 16.3 Å². The van der Waals surface area contributed by atoms with E-state index >= 15 is 0 Å². The van der Waals surface area contributed by atoms with E-state index in [1.807, 2.05) is 39.0 Å². The highest BCUT2D eigenvalue weighted by atomic mass is 35.5. The lowest BCUT2D eigenvalue weighted by Gasteiger charge is -2.17. The maximum atomic E-state index is 12.4. The summed E-state index contributed by atoms with van der Waals surface area (Å²) in [6.07, 6.45) is 0. The lowest BCUT2D eigenvalue weighted by Crippen LogP contribution is -2.30. The van der Waals surface area contributed by atoms with Crippen LogP contribution in [-0.2, 0) is 9.59 Å². The molecule has 0 heterocycles. The van der Waals surface area contributed by atoms with Gasteiger partial charge in [0.25, 0.3) is 0 Å². The number of benzene rings is 2. The first kappa shape index (κ1) is 19.8. The number of amides is 2. The number of carbonyl (C=O) groups excluding carboxylic acids is 2. The largest absolute Gasteiger partial charge is 0.495 e. The molecule has 0 bridgehead atoms. The van der Waals surface area contributed by atoms with Crippen LogP contribution in [-0.4, -0.2) is 18.9 Å². The minimum Gasteiger partial charge on any atom is -0.495 e. The van der Waals surface area contributed by atoms with E-state index in [-0.39, 0.29) is 5.92 Å². The minimum atomic E-state index is -0.775. The summed E-state index contributed by atoms with van der Waals surface area (Å²) in [5, 5.41) is 5.83. The number of anilines is 2. The summed E-state index contributed by atoms with van der Waals surface area (Å²) in [5.74, 6) is -0.911. The molecule has 0 fully saturated rings. The summed E-state index contributed by atoms with van der Waals surface area (Å²) >= 11 is 6.06. The number of halogens is 1. The summed E-state index contributed by atoms with van der Waals surface area (Å²) < 4.78 is 5.22. The number of para-hydroxylation sites is 1. The van der Waals surface area contributed by atoms with Gasteiger partial charge in [0.05, 0.1) is 12.8 Å². The van der Waals surface area contributed by atoms with E-state index in [0.717, 1.165) is 16.7 Å². The summed E-state index contributed by atoms with van der Waals surface area (Å²) in [4.78, 5) is 24.8. The first-order valence-electron chi connectivity index (χ1n) is 8.30. The van der Waals surface area contributed by atoms with Crippen LogP contribution < -0.4 is 15.4 Å². The van der Waals surface area contributed by atoms with Gasteiger partial charge in [-0.15, -0.1) is 0 Å². The number of hydrogen-bond donors (Lipinski definition) is 2. The molecule has 26 heavy (non-hydrogen) atoms. The normalized spacial score (nSPS) is 10.6. The fraction of sp³-hybridized carbons (Fsp3) is 0.300. The average Bonchev–Trinajstić information content (AvgIpc) is 2.59. The van der Waals surface area contributed by atoms with Crippen molar-refractivity contribution < 1.29 is 14.3 Å². The van der Waals surface area contributed by atoms with Crippen molar-refractivity contribution in [2.45, 2.75) is 33.6 Å². The van der Waals surface area contributed by atoms with Gasteiger partial charge in [-0.3, -0.25) is 9.59 Å². The first-order chi connectivity index (χ1) is 12.2. The van der Waals surface area contributed by atoms with Gasteiger partial charge in [0, 0.05) is 16.8 Å². The molecule has 6 heteroatoms. The number of ether oxygens (including phenoxy) is 1. The summed E-state index contributed by atoms with van der Waals surface area (Å²) in [6, 6.07) is 9.03. The zero-order valence-electron chi connectivity index (χ0n) is 15.6. The van der Waals surface area contributed by atoms with E-state index in [2.05, 4.69) is 10.6 Å². The number of aryl methyl sites for hydroxylation is 2. The number of rotatable bonds is 4. The Morgan fingerprint density at radius 2 is 1.69 bits per heavy atom. The third-order valence-electron chi connectivity index (χ3n) is 4.10. The predicted molar refractivity (Wildman–Crippen MR) is 105 cm³/mol. The monoisotopic (exact) mass is 374 g/mol. The topological polar surface area (TPSA) is 67.4 Å². The number of nitrogens with one attached hydrogen (secondary N) is 2. The molecule has 2 rings (SSSR count). The van der Waals surface area contributed by atoms with Crippen molar-refractivity contribution in [3.05, 3.63) is 52.0 Å². The molecule has 0 aliphatic carbocycles. The molecule has 0 spiro atoms. The standard InChI is InChI=1S/C20H23ClN2O3/c1-11(2)14-8-6-7-12(3)18(14)23-20(25)19(24)22-16-9-13(4)15(21)10-17(16)26-5/h6-11H,1-5H3,(H,22,24)(H,23,25). The molecule has 2 aromatic rings. The fourth-order valence-corrected chi connectivity index (χ4v) is 2.78. The summed E-state index contributed by atoms with van der Waals surface area (Å²) in [5.41, 5.74) is 3.71. The molecular formula is C20H23ClN2O3. The van der Waals surface area contributed by atoms with Gasteiger partial charge in [0.1, 0.15) is 5.75 Å². The van der Waals surface area contributed by atoms with Gasteiger partial charge in [-0.25, -0.2) is 0 Å². The Balaban J connectivity index is 2.22. The van der Waals surface area contributed by atoms with E-state index in [0.29, 0.717) is 22.1 Å². The Morgan fingerprint density at radius 3 is 2.31 bits per heavy atom. The van der Waals surface area contributed by atoms with E-state index < -0.39 is 11.8 Å². The van der Waals surface area contributed by atoms with Crippen LogP contribution in [0.4, 0.5) is 11.4 Å². The molecule has 5 nitrogen and oxygen atoms in total. The van der Waals surface area contributed by atoms with Crippen LogP contribution >= 0.6 is 11.6 Å². The maximum Gasteiger partial charge on any atom is 0.314 e. The molecule has 0 atom stereocenters. The molecule has 0 saturated carbocycles. The van der Waals surface area contributed by atoms with Crippen LogP contribution in [0.2, 0.25) is 5.02 Å². The summed E-state index contributed by atoms with van der Waals surface area (Å²) in [7, 11) is 1.47. The molecule has 0 saturated heterocycles. The molecule has 2 N–H and O–H groups in total. The lowest BCUT2D eigenvalue weighted by molar-refractivity contribution is -0.133. The second kappa shape index (κ2) is 8.23. The van der Waals surface area contributed by atoms with Gasteiger partial charge in [-0.05, 0) is 42.5 Å². The summed E-state index contributed by atoms with van der Waals surface area (Å²) in [6.45, 7) is 7.77. The van der Waals surface area contributed by atoms with Crippen molar-refractivity contribution in [3.8, 4) is 5.75 Å². The van der Waals surface area contributed by atoms with Gasteiger partial charge in [0.2, 0.25) is 0 Å². The molecule has 2 aromatic carbocycles. The van der Waals surface area contributed by atoms with Crippen LogP contribution in [0.1, 0.15) is 36.5 Å². The van der Waals surface area contributed by atoms with Crippen LogP contribution in [0.5, 0.6) is 5.75 Å². The van der Waals surface area contributed by atoms with Crippen molar-refractivity contribution in [1.29, 1.82) is 0 Å². The number of methoxy groups -OCH3 is 1. The SMILES string of the molecule is COc1cc(Cl)c(C)cc1NC(=O)C(=O)Nc1c(C)cccc1C(C)C. The van der Waals surface area contributed by atoms with Crippen LogP contribution in [0, 0.1) is 13.8 Å². The van der Waals surface area contributed by atoms with Gasteiger partial charge >= 0.3 is 11.8 Å². The molecular weight excluding hydrogens is 352 g/mol. The second-order valence-electron chi connectivity index (χ2n) is 6.40. The van der Waals surface area contributed by atoms with Gasteiger partial charge < -0.3 is 15.4 Å². The predicted octanol–water partition coefficient (Wildman–Crippen LogP) is 4.67. The van der Waals surface area contributed by atoms with Crippen molar-refractivity contribution in [3.63, 3.8) is 0 Å². The first-order valence-corrected chi connectivity index (χ1v) is 8.68. The third kappa shape index (κ3) is 4.35. The number of carbonyl (C=O) groups is 2. The molecule has 0 aliphatic rings. The highest BCUT2D eigenvalue weighted by Crippen LogP contribution is 2.31. The fourth-order valence-electron chi connectivity index (χ4n) is 2.62. The number of hydrogen-bond acceptors (Lipinski definition) is 3. The third-order valence-corrected chi connectivity index (χ3v) is 4.51. The Bertz CT molecular complexity index is 847. The van der Waals surface area contributed by atoms with Gasteiger partial charge in [-0.1, -0.05) is 43.6 Å². The molecule has 0 unspecified atom stereocenters. The van der Waals surface area contributed by atoms with E-state index in [1.54, 1.807) is 19.1 Å². The van der Waals surface area contributed by atoms with E-state index in [1.165, 1.54) is 7.11 Å². The zero-order valence-corrected chi connectivity index (χ0v) is 16.3. The van der Waals surface area contributed by atoms with Crippen molar-refractivity contribution in [2.75, 3.05) is 17.7 Å². The van der Waals surface area contributed by atoms with Crippen molar-refractivity contribution in [1.82, 2.24) is 0 Å². The molecule has 138 valence electrons. The van der Waals surface area contributed by atoms with E-state index in [9.17, 15) is 9.59 Å². The smallest absolute Gasteiger partial charge is 0.314 e. The zero-order chi connectivity index (χ0) is 19.4. The molecule has 2 amide bonds. The second-order valence-corrected chi connectivity index (χ2v) is 6.81. The van der Waals surface area contributed by atoms with Gasteiger partial charge in [0.15, 0.2) is 0 Å². The molecule has 0 aromatic heterocycles. The Labute approximate surface area is 158 Å². The Hall–Kier alpha value is -2.53. The Morgan fingerprint density at radius 1 is 1.04 bits per heavy atom. The van der Waals surface area contributed by atoms with Crippen LogP contribution in [0.3, 0.4) is 0 Å². The van der Waals surface area contributed by atoms with Crippen molar-refractivity contribution in [2.24, 2.45) is 0 Å². The molecule has 0 aliphatic heterocycles. The highest BCUT2D eigenvalue weighted by molar-refractivity contribution is 6.44. The van der Waals surface area contributed by atoms with Crippen LogP contribution in [0.15, 0.2) is 30.3 Å². The van der Waals surface area contributed by atoms with Crippen molar-refractivity contribution >= 4 is 34.8 Å². The van der Waals surface area contributed by atoms with Gasteiger partial charge in [-0.2, -0.15) is 0 Å².